The fourth-order valence-corrected chi connectivity index (χ4v) is 2.26. The van der Waals surface area contributed by atoms with E-state index in [-0.39, 0.29) is 12.7 Å². The SMILES string of the molecule is C[C@H]1C[C@@H](OC(=O)C2=Cc3ccccc3OC2)C(=O)O1. The molecule has 2 atom stereocenters. The Morgan fingerprint density at radius 2 is 2.15 bits per heavy atom. The van der Waals surface area contributed by atoms with Crippen molar-refractivity contribution in [1.29, 1.82) is 0 Å². The molecule has 5 heteroatoms. The molecule has 0 unspecified atom stereocenters. The van der Waals surface area contributed by atoms with Crippen LogP contribution < -0.4 is 4.74 Å². The maximum atomic E-state index is 12.0. The minimum absolute atomic E-state index is 0.146. The Balaban J connectivity index is 1.73. The number of para-hydroxylation sites is 1. The molecule has 0 N–H and O–H groups in total. The van der Waals surface area contributed by atoms with Crippen molar-refractivity contribution in [3.8, 4) is 5.75 Å². The summed E-state index contributed by atoms with van der Waals surface area (Å²) in [6, 6.07) is 7.42. The summed E-state index contributed by atoms with van der Waals surface area (Å²) >= 11 is 0. The van der Waals surface area contributed by atoms with E-state index in [0.717, 1.165) is 11.3 Å². The molecule has 0 aromatic heterocycles. The molecule has 1 saturated heterocycles. The fraction of sp³-hybridized carbons (Fsp3) is 0.333. The van der Waals surface area contributed by atoms with Crippen LogP contribution in [0.4, 0.5) is 0 Å². The number of ether oxygens (including phenoxy) is 3. The lowest BCUT2D eigenvalue weighted by Crippen LogP contribution is -2.26. The third kappa shape index (κ3) is 2.39. The average molecular weight is 274 g/mol. The van der Waals surface area contributed by atoms with Crippen LogP contribution >= 0.6 is 0 Å². The van der Waals surface area contributed by atoms with Gasteiger partial charge in [0.1, 0.15) is 18.5 Å². The molecule has 0 radical (unpaired) electrons. The van der Waals surface area contributed by atoms with E-state index in [9.17, 15) is 9.59 Å². The second-order valence-electron chi connectivity index (χ2n) is 4.87. The maximum absolute atomic E-state index is 12.0. The number of fused-ring (bicyclic) bond motifs is 1. The summed E-state index contributed by atoms with van der Waals surface area (Å²) in [6.45, 7) is 1.91. The summed E-state index contributed by atoms with van der Waals surface area (Å²) in [5.41, 5.74) is 1.23. The zero-order valence-corrected chi connectivity index (χ0v) is 11.0. The number of rotatable bonds is 2. The van der Waals surface area contributed by atoms with Crippen LogP contribution in [0.5, 0.6) is 5.75 Å². The van der Waals surface area contributed by atoms with E-state index < -0.39 is 18.0 Å². The molecule has 5 nitrogen and oxygen atoms in total. The number of hydrogen-bond donors (Lipinski definition) is 0. The highest BCUT2D eigenvalue weighted by molar-refractivity contribution is 5.96. The van der Waals surface area contributed by atoms with Crippen molar-refractivity contribution in [3.63, 3.8) is 0 Å². The van der Waals surface area contributed by atoms with Gasteiger partial charge in [-0.3, -0.25) is 0 Å². The van der Waals surface area contributed by atoms with Gasteiger partial charge in [-0.2, -0.15) is 0 Å². The van der Waals surface area contributed by atoms with Gasteiger partial charge in [0, 0.05) is 12.0 Å². The Morgan fingerprint density at radius 1 is 1.35 bits per heavy atom. The number of esters is 2. The molecule has 0 spiro atoms. The smallest absolute Gasteiger partial charge is 0.347 e. The molecule has 0 bridgehead atoms. The highest BCUT2D eigenvalue weighted by atomic mass is 16.6. The Bertz CT molecular complexity index is 590. The second kappa shape index (κ2) is 5.00. The van der Waals surface area contributed by atoms with Gasteiger partial charge in [-0.05, 0) is 19.1 Å². The average Bonchev–Trinajstić information content (AvgIpc) is 2.76. The minimum atomic E-state index is -0.810. The van der Waals surface area contributed by atoms with Crippen LogP contribution in [0.2, 0.25) is 0 Å². The van der Waals surface area contributed by atoms with Crippen molar-refractivity contribution in [2.75, 3.05) is 6.61 Å². The molecule has 1 aromatic carbocycles. The Labute approximate surface area is 116 Å². The van der Waals surface area contributed by atoms with Gasteiger partial charge in [0.05, 0.1) is 5.57 Å². The number of cyclic esters (lactones) is 1. The normalized spacial score (nSPS) is 24.2. The molecule has 20 heavy (non-hydrogen) atoms. The number of hydrogen-bond acceptors (Lipinski definition) is 5. The number of benzene rings is 1. The summed E-state index contributed by atoms with van der Waals surface area (Å²) in [5.74, 6) is -0.280. The molecule has 1 fully saturated rings. The summed E-state index contributed by atoms with van der Waals surface area (Å²) in [4.78, 5) is 23.5. The molecule has 2 aliphatic rings. The van der Waals surface area contributed by atoms with Gasteiger partial charge < -0.3 is 14.2 Å². The molecular formula is C15H14O5. The highest BCUT2D eigenvalue weighted by Crippen LogP contribution is 2.27. The molecule has 104 valence electrons. The van der Waals surface area contributed by atoms with Gasteiger partial charge in [-0.25, -0.2) is 9.59 Å². The summed E-state index contributed by atoms with van der Waals surface area (Å²) < 4.78 is 15.6. The van der Waals surface area contributed by atoms with Gasteiger partial charge in [0.15, 0.2) is 0 Å². The first-order valence-electron chi connectivity index (χ1n) is 6.47. The first kappa shape index (κ1) is 12.7. The van der Waals surface area contributed by atoms with E-state index >= 15 is 0 Å². The van der Waals surface area contributed by atoms with Gasteiger partial charge >= 0.3 is 11.9 Å². The summed E-state index contributed by atoms with van der Waals surface area (Å²) in [5, 5.41) is 0. The summed E-state index contributed by atoms with van der Waals surface area (Å²) in [6.07, 6.45) is 1.10. The maximum Gasteiger partial charge on any atom is 0.347 e. The van der Waals surface area contributed by atoms with Crippen molar-refractivity contribution in [1.82, 2.24) is 0 Å². The van der Waals surface area contributed by atoms with Gasteiger partial charge in [0.2, 0.25) is 6.10 Å². The Kier molecular flexibility index (Phi) is 3.18. The second-order valence-corrected chi connectivity index (χ2v) is 4.87. The predicted molar refractivity (Wildman–Crippen MR) is 70.0 cm³/mol. The Hall–Kier alpha value is -2.30. The van der Waals surface area contributed by atoms with Crippen molar-refractivity contribution in [2.24, 2.45) is 0 Å². The van der Waals surface area contributed by atoms with E-state index in [0.29, 0.717) is 12.0 Å². The lowest BCUT2D eigenvalue weighted by Gasteiger charge is -2.17. The minimum Gasteiger partial charge on any atom is -0.488 e. The Morgan fingerprint density at radius 3 is 2.90 bits per heavy atom. The molecule has 2 heterocycles. The number of carbonyl (C=O) groups is 2. The first-order chi connectivity index (χ1) is 9.63. The van der Waals surface area contributed by atoms with E-state index in [1.165, 1.54) is 0 Å². The molecular weight excluding hydrogens is 260 g/mol. The lowest BCUT2D eigenvalue weighted by molar-refractivity contribution is -0.158. The third-order valence-electron chi connectivity index (χ3n) is 3.27. The third-order valence-corrected chi connectivity index (χ3v) is 3.27. The van der Waals surface area contributed by atoms with E-state index in [1.54, 1.807) is 13.0 Å². The van der Waals surface area contributed by atoms with Crippen LogP contribution in [0.25, 0.3) is 6.08 Å². The van der Waals surface area contributed by atoms with Gasteiger partial charge in [-0.15, -0.1) is 0 Å². The molecule has 0 amide bonds. The van der Waals surface area contributed by atoms with E-state index in [1.807, 2.05) is 24.3 Å². The van der Waals surface area contributed by atoms with Crippen LogP contribution in [0.15, 0.2) is 29.8 Å². The van der Waals surface area contributed by atoms with Crippen molar-refractivity contribution >= 4 is 18.0 Å². The topological polar surface area (TPSA) is 61.8 Å². The van der Waals surface area contributed by atoms with Crippen LogP contribution in [0, 0.1) is 0 Å². The summed E-state index contributed by atoms with van der Waals surface area (Å²) in [7, 11) is 0. The van der Waals surface area contributed by atoms with Crippen LogP contribution in [-0.2, 0) is 19.1 Å². The first-order valence-corrected chi connectivity index (χ1v) is 6.47. The quantitative estimate of drug-likeness (QED) is 0.768. The standard InChI is InChI=1S/C15H14O5/c1-9-6-13(15(17)19-9)20-14(16)11-7-10-4-2-3-5-12(10)18-8-11/h2-5,7,9,13H,6,8H2,1H3/t9-,13+/m0/s1. The van der Waals surface area contributed by atoms with E-state index in [4.69, 9.17) is 14.2 Å². The predicted octanol–water partition coefficient (Wildman–Crippen LogP) is 1.71. The molecule has 0 aliphatic carbocycles. The molecule has 1 aromatic rings. The fourth-order valence-electron chi connectivity index (χ4n) is 2.26. The molecule has 2 aliphatic heterocycles. The largest absolute Gasteiger partial charge is 0.488 e. The molecule has 0 saturated carbocycles. The van der Waals surface area contributed by atoms with E-state index in [2.05, 4.69) is 0 Å². The van der Waals surface area contributed by atoms with Crippen LogP contribution in [-0.4, -0.2) is 30.8 Å². The van der Waals surface area contributed by atoms with Crippen LogP contribution in [0.1, 0.15) is 18.9 Å². The lowest BCUT2D eigenvalue weighted by atomic mass is 10.1. The van der Waals surface area contributed by atoms with Crippen molar-refractivity contribution in [3.05, 3.63) is 35.4 Å². The van der Waals surface area contributed by atoms with Crippen molar-refractivity contribution < 1.29 is 23.8 Å². The monoisotopic (exact) mass is 274 g/mol. The number of carbonyl (C=O) groups excluding carboxylic acids is 2. The highest BCUT2D eigenvalue weighted by Gasteiger charge is 2.35. The van der Waals surface area contributed by atoms with Crippen LogP contribution in [0.3, 0.4) is 0 Å². The van der Waals surface area contributed by atoms with Gasteiger partial charge in [0.25, 0.3) is 0 Å². The zero-order valence-electron chi connectivity index (χ0n) is 11.0. The van der Waals surface area contributed by atoms with Gasteiger partial charge in [-0.1, -0.05) is 18.2 Å². The zero-order chi connectivity index (χ0) is 14.1. The van der Waals surface area contributed by atoms with Crippen molar-refractivity contribution in [2.45, 2.75) is 25.6 Å². The molecule has 3 rings (SSSR count).